The first-order valence-corrected chi connectivity index (χ1v) is 7.95. The molecule has 23 heavy (non-hydrogen) atoms. The van der Waals surface area contributed by atoms with E-state index < -0.39 is 6.04 Å². The number of carbonyl (C=O) groups excluding carboxylic acids is 2. The third-order valence-electron chi connectivity index (χ3n) is 3.13. The molecule has 0 aliphatic heterocycles. The largest absolute Gasteiger partial charge is 0.497 e. The van der Waals surface area contributed by atoms with Gasteiger partial charge in [-0.05, 0) is 24.6 Å². The van der Waals surface area contributed by atoms with Gasteiger partial charge in [-0.15, -0.1) is 11.3 Å². The van der Waals surface area contributed by atoms with E-state index in [0.29, 0.717) is 5.13 Å². The lowest BCUT2D eigenvalue weighted by molar-refractivity contribution is -0.124. The fourth-order valence-electron chi connectivity index (χ4n) is 1.98. The zero-order valence-electron chi connectivity index (χ0n) is 13.3. The van der Waals surface area contributed by atoms with Crippen LogP contribution in [0.5, 0.6) is 5.75 Å². The van der Waals surface area contributed by atoms with Crippen molar-refractivity contribution in [1.29, 1.82) is 0 Å². The van der Waals surface area contributed by atoms with Gasteiger partial charge in [0, 0.05) is 24.4 Å². The molecular weight excluding hydrogens is 314 g/mol. The van der Waals surface area contributed by atoms with E-state index in [1.165, 1.54) is 18.3 Å². The highest BCUT2D eigenvalue weighted by atomic mass is 32.1. The number of anilines is 1. The number of hydrogen-bond acceptors (Lipinski definition) is 5. The summed E-state index contributed by atoms with van der Waals surface area (Å²) < 4.78 is 5.13. The molecule has 122 valence electrons. The average molecular weight is 333 g/mol. The highest BCUT2D eigenvalue weighted by molar-refractivity contribution is 7.15. The van der Waals surface area contributed by atoms with Crippen molar-refractivity contribution in [2.24, 2.45) is 0 Å². The van der Waals surface area contributed by atoms with Crippen molar-refractivity contribution in [3.8, 4) is 5.75 Å². The third-order valence-corrected chi connectivity index (χ3v) is 4.05. The summed E-state index contributed by atoms with van der Waals surface area (Å²) in [4.78, 5) is 28.1. The Morgan fingerprint density at radius 2 is 2.00 bits per heavy atom. The van der Waals surface area contributed by atoms with Crippen LogP contribution in [0.3, 0.4) is 0 Å². The molecule has 1 heterocycles. The monoisotopic (exact) mass is 333 g/mol. The van der Waals surface area contributed by atoms with Crippen LogP contribution in [0, 0.1) is 0 Å². The molecule has 6 nitrogen and oxygen atoms in total. The highest BCUT2D eigenvalue weighted by Crippen LogP contribution is 2.22. The Labute approximate surface area is 138 Å². The topological polar surface area (TPSA) is 80.3 Å². The van der Waals surface area contributed by atoms with E-state index in [2.05, 4.69) is 15.6 Å². The molecule has 0 aliphatic carbocycles. The van der Waals surface area contributed by atoms with Gasteiger partial charge >= 0.3 is 0 Å². The third kappa shape index (κ3) is 5.07. The van der Waals surface area contributed by atoms with Gasteiger partial charge in [0.2, 0.25) is 11.8 Å². The molecule has 2 N–H and O–H groups in total. The van der Waals surface area contributed by atoms with E-state index >= 15 is 0 Å². The Hall–Kier alpha value is -2.41. The maximum atomic E-state index is 11.9. The number of ether oxygens (including phenoxy) is 1. The van der Waals surface area contributed by atoms with E-state index in [0.717, 1.165) is 22.6 Å². The van der Waals surface area contributed by atoms with Crippen molar-refractivity contribution in [1.82, 2.24) is 10.3 Å². The molecule has 0 saturated carbocycles. The molecule has 0 aliphatic rings. The lowest BCUT2D eigenvalue weighted by Gasteiger charge is -2.10. The first-order chi connectivity index (χ1) is 11.0. The summed E-state index contributed by atoms with van der Waals surface area (Å²) in [6.07, 6.45) is 2.48. The van der Waals surface area contributed by atoms with Crippen LogP contribution in [0.15, 0.2) is 30.5 Å². The number of carbonyl (C=O) groups is 2. The van der Waals surface area contributed by atoms with Gasteiger partial charge < -0.3 is 15.4 Å². The van der Waals surface area contributed by atoms with Gasteiger partial charge in [-0.1, -0.05) is 12.1 Å². The van der Waals surface area contributed by atoms with Crippen molar-refractivity contribution >= 4 is 28.3 Å². The quantitative estimate of drug-likeness (QED) is 0.849. The van der Waals surface area contributed by atoms with Gasteiger partial charge in [-0.3, -0.25) is 9.59 Å². The Kier molecular flexibility index (Phi) is 5.70. The van der Waals surface area contributed by atoms with Crippen LogP contribution in [0.2, 0.25) is 0 Å². The van der Waals surface area contributed by atoms with E-state index in [9.17, 15) is 9.59 Å². The number of thiazole rings is 1. The summed E-state index contributed by atoms with van der Waals surface area (Å²) in [6, 6.07) is 7.22. The SMILES string of the molecule is COc1ccc(Cc2cnc(NC(=O)[C@@H](C)NC(C)=O)s2)cc1. The molecule has 1 aromatic heterocycles. The maximum absolute atomic E-state index is 11.9. The number of rotatable bonds is 6. The first-order valence-electron chi connectivity index (χ1n) is 7.13. The normalized spacial score (nSPS) is 11.6. The second-order valence-corrected chi connectivity index (χ2v) is 6.18. The first kappa shape index (κ1) is 17.0. The number of hydrogen-bond donors (Lipinski definition) is 2. The number of nitrogens with one attached hydrogen (secondary N) is 2. The van der Waals surface area contributed by atoms with E-state index in [4.69, 9.17) is 4.74 Å². The zero-order valence-corrected chi connectivity index (χ0v) is 14.1. The molecular formula is C16H19N3O3S. The summed E-state index contributed by atoms with van der Waals surface area (Å²) in [5.41, 5.74) is 1.14. The number of amides is 2. The summed E-state index contributed by atoms with van der Waals surface area (Å²) in [5.74, 6) is 0.287. The lowest BCUT2D eigenvalue weighted by Crippen LogP contribution is -2.40. The van der Waals surface area contributed by atoms with Crippen LogP contribution in [0.1, 0.15) is 24.3 Å². The summed E-state index contributed by atoms with van der Waals surface area (Å²) >= 11 is 1.42. The second kappa shape index (κ2) is 7.73. The summed E-state index contributed by atoms with van der Waals surface area (Å²) in [7, 11) is 1.63. The number of benzene rings is 1. The average Bonchev–Trinajstić information content (AvgIpc) is 2.94. The van der Waals surface area contributed by atoms with E-state index in [1.54, 1.807) is 20.2 Å². The van der Waals surface area contributed by atoms with E-state index in [-0.39, 0.29) is 11.8 Å². The van der Waals surface area contributed by atoms with Crippen LogP contribution in [-0.2, 0) is 16.0 Å². The van der Waals surface area contributed by atoms with Crippen LogP contribution in [-0.4, -0.2) is 29.9 Å². The number of nitrogens with zero attached hydrogens (tertiary/aromatic N) is 1. The molecule has 0 radical (unpaired) electrons. The van der Waals surface area contributed by atoms with Gasteiger partial charge in [0.1, 0.15) is 11.8 Å². The van der Waals surface area contributed by atoms with Crippen molar-refractivity contribution in [2.45, 2.75) is 26.3 Å². The molecule has 7 heteroatoms. The Morgan fingerprint density at radius 3 is 2.61 bits per heavy atom. The van der Waals surface area contributed by atoms with Gasteiger partial charge in [-0.2, -0.15) is 0 Å². The molecule has 1 atom stereocenters. The minimum atomic E-state index is -0.596. The predicted octanol–water partition coefficient (Wildman–Crippen LogP) is 2.21. The molecule has 0 fully saturated rings. The molecule has 0 spiro atoms. The van der Waals surface area contributed by atoms with Crippen molar-refractivity contribution in [3.63, 3.8) is 0 Å². The van der Waals surface area contributed by atoms with Gasteiger partial charge in [0.15, 0.2) is 5.13 Å². The molecule has 0 bridgehead atoms. The van der Waals surface area contributed by atoms with Crippen molar-refractivity contribution in [2.75, 3.05) is 12.4 Å². The van der Waals surface area contributed by atoms with Crippen LogP contribution in [0.25, 0.3) is 0 Å². The minimum absolute atomic E-state index is 0.244. The van der Waals surface area contributed by atoms with Crippen molar-refractivity contribution in [3.05, 3.63) is 40.9 Å². The van der Waals surface area contributed by atoms with Crippen LogP contribution < -0.4 is 15.4 Å². The summed E-state index contributed by atoms with van der Waals surface area (Å²) in [5, 5.41) is 5.76. The Morgan fingerprint density at radius 1 is 1.30 bits per heavy atom. The highest BCUT2D eigenvalue weighted by Gasteiger charge is 2.15. The molecule has 2 aromatic rings. The van der Waals surface area contributed by atoms with Crippen molar-refractivity contribution < 1.29 is 14.3 Å². The van der Waals surface area contributed by atoms with Gasteiger partial charge in [0.05, 0.1) is 7.11 Å². The maximum Gasteiger partial charge on any atom is 0.248 e. The number of aromatic nitrogens is 1. The van der Waals surface area contributed by atoms with Gasteiger partial charge in [0.25, 0.3) is 0 Å². The molecule has 2 amide bonds. The zero-order chi connectivity index (χ0) is 16.8. The predicted molar refractivity (Wildman–Crippen MR) is 89.8 cm³/mol. The second-order valence-electron chi connectivity index (χ2n) is 5.07. The fraction of sp³-hybridized carbons (Fsp3) is 0.312. The summed E-state index contributed by atoms with van der Waals surface area (Å²) in [6.45, 7) is 3.00. The smallest absolute Gasteiger partial charge is 0.248 e. The van der Waals surface area contributed by atoms with Gasteiger partial charge in [-0.25, -0.2) is 4.98 Å². The number of methoxy groups -OCH3 is 1. The standard InChI is InChI=1S/C16H19N3O3S/c1-10(18-11(2)20)15(21)19-16-17-9-14(23-16)8-12-4-6-13(22-3)7-5-12/h4-7,9-10H,8H2,1-3H3,(H,18,20)(H,17,19,21)/t10-/m1/s1. The van der Waals surface area contributed by atoms with E-state index in [1.807, 2.05) is 24.3 Å². The Balaban J connectivity index is 1.94. The molecule has 0 saturated heterocycles. The lowest BCUT2D eigenvalue weighted by atomic mass is 10.1. The van der Waals surface area contributed by atoms with Crippen LogP contribution >= 0.6 is 11.3 Å². The van der Waals surface area contributed by atoms with Crippen LogP contribution in [0.4, 0.5) is 5.13 Å². The molecule has 0 unspecified atom stereocenters. The molecule has 1 aromatic carbocycles. The Bertz CT molecular complexity index is 682. The molecule has 2 rings (SSSR count). The minimum Gasteiger partial charge on any atom is -0.497 e. The fourth-order valence-corrected chi connectivity index (χ4v) is 2.83.